The molecule has 37 heavy (non-hydrogen) atoms. The van der Waals surface area contributed by atoms with Gasteiger partial charge in [0.05, 0.1) is 12.1 Å². The van der Waals surface area contributed by atoms with E-state index >= 15 is 0 Å². The highest BCUT2D eigenvalue weighted by Crippen LogP contribution is 2.32. The Balaban J connectivity index is 1.40. The summed E-state index contributed by atoms with van der Waals surface area (Å²) < 4.78 is 8.36. The van der Waals surface area contributed by atoms with Crippen LogP contribution in [-0.2, 0) is 11.3 Å². The number of aliphatic imine (C=N–C) groups is 1. The first-order chi connectivity index (χ1) is 18.0. The maximum Gasteiger partial charge on any atom is 0.283 e. The Morgan fingerprint density at radius 3 is 2.73 bits per heavy atom. The van der Waals surface area contributed by atoms with Gasteiger partial charge in [0.2, 0.25) is 5.17 Å². The van der Waals surface area contributed by atoms with Crippen molar-refractivity contribution in [1.29, 1.82) is 5.41 Å². The van der Waals surface area contributed by atoms with Crippen LogP contribution in [0.3, 0.4) is 0 Å². The molecule has 0 saturated heterocycles. The zero-order valence-electron chi connectivity index (χ0n) is 21.4. The van der Waals surface area contributed by atoms with Crippen LogP contribution in [0.1, 0.15) is 57.1 Å². The number of fused-ring (bicyclic) bond motifs is 2. The fraction of sp³-hybridized carbons (Fsp3) is 0.310. The summed E-state index contributed by atoms with van der Waals surface area (Å²) in [5.74, 6) is 1.02. The molecule has 2 aliphatic rings. The maximum atomic E-state index is 12.9. The molecule has 0 radical (unpaired) electrons. The average molecular weight is 514 g/mol. The molecule has 2 aliphatic heterocycles. The van der Waals surface area contributed by atoms with E-state index in [-0.39, 0.29) is 11.4 Å². The van der Waals surface area contributed by atoms with Gasteiger partial charge in [0, 0.05) is 22.7 Å². The smallest absolute Gasteiger partial charge is 0.283 e. The highest BCUT2D eigenvalue weighted by molar-refractivity contribution is 8.26. The van der Waals surface area contributed by atoms with E-state index in [0.29, 0.717) is 24.2 Å². The van der Waals surface area contributed by atoms with Gasteiger partial charge in [-0.3, -0.25) is 10.2 Å². The predicted molar refractivity (Wildman–Crippen MR) is 152 cm³/mol. The van der Waals surface area contributed by atoms with Crippen LogP contribution >= 0.6 is 11.8 Å². The van der Waals surface area contributed by atoms with Crippen LogP contribution in [0, 0.1) is 5.41 Å². The molecule has 0 fully saturated rings. The van der Waals surface area contributed by atoms with E-state index in [1.807, 2.05) is 36.5 Å². The molecule has 8 heteroatoms. The fourth-order valence-electron chi connectivity index (χ4n) is 4.57. The second-order valence-electron chi connectivity index (χ2n) is 9.25. The molecule has 1 atom stereocenters. The van der Waals surface area contributed by atoms with E-state index in [1.165, 1.54) is 22.3 Å². The minimum Gasteiger partial charge on any atom is -0.491 e. The molecule has 0 bridgehead atoms. The van der Waals surface area contributed by atoms with Crippen molar-refractivity contribution in [3.05, 3.63) is 71.4 Å². The van der Waals surface area contributed by atoms with Gasteiger partial charge in [0.25, 0.3) is 5.91 Å². The molecule has 1 unspecified atom stereocenters. The Morgan fingerprint density at radius 2 is 1.92 bits per heavy atom. The van der Waals surface area contributed by atoms with E-state index < -0.39 is 5.91 Å². The predicted octanol–water partition coefficient (Wildman–Crippen LogP) is 6.65. The fourth-order valence-corrected chi connectivity index (χ4v) is 5.56. The number of benzene rings is 2. The molecule has 1 amide bonds. The largest absolute Gasteiger partial charge is 0.491 e. The van der Waals surface area contributed by atoms with Crippen molar-refractivity contribution < 1.29 is 9.53 Å². The van der Waals surface area contributed by atoms with Gasteiger partial charge in [0.15, 0.2) is 5.84 Å². The number of carbonyl (C=O) groups is 1. The Hall–Kier alpha value is -3.65. The SMILES string of the molecule is CCCC1=NN2C(=N)/C(=C\c3cn(CCOc4ccccc4C(C)CC)c4ccccc34)C(=O)N=C2S1. The van der Waals surface area contributed by atoms with Gasteiger partial charge < -0.3 is 9.30 Å². The Labute approximate surface area is 221 Å². The maximum absolute atomic E-state index is 12.9. The molecule has 7 nitrogen and oxygen atoms in total. The third-order valence-electron chi connectivity index (χ3n) is 6.73. The summed E-state index contributed by atoms with van der Waals surface area (Å²) in [4.78, 5) is 17.1. The van der Waals surface area contributed by atoms with Crippen molar-refractivity contribution in [1.82, 2.24) is 9.58 Å². The van der Waals surface area contributed by atoms with Gasteiger partial charge in [-0.2, -0.15) is 15.1 Å². The number of amides is 1. The third-order valence-corrected chi connectivity index (χ3v) is 7.70. The van der Waals surface area contributed by atoms with Crippen molar-refractivity contribution in [2.75, 3.05) is 6.61 Å². The normalized spacial score (nSPS) is 17.3. The molecule has 2 aromatic carbocycles. The number of para-hydroxylation sites is 2. The molecule has 1 aromatic heterocycles. The van der Waals surface area contributed by atoms with E-state index in [2.05, 4.69) is 53.6 Å². The van der Waals surface area contributed by atoms with E-state index in [9.17, 15) is 4.79 Å². The topological polar surface area (TPSA) is 83.0 Å². The Bertz CT molecular complexity index is 1450. The van der Waals surface area contributed by atoms with Gasteiger partial charge >= 0.3 is 0 Å². The first-order valence-electron chi connectivity index (χ1n) is 12.8. The van der Waals surface area contributed by atoms with Gasteiger partial charge in [-0.05, 0) is 60.7 Å². The monoisotopic (exact) mass is 513 g/mol. The number of hydrogen-bond acceptors (Lipinski definition) is 5. The Morgan fingerprint density at radius 1 is 1.14 bits per heavy atom. The summed E-state index contributed by atoms with van der Waals surface area (Å²) in [5.41, 5.74) is 3.39. The summed E-state index contributed by atoms with van der Waals surface area (Å²) in [6, 6.07) is 16.3. The second-order valence-corrected chi connectivity index (χ2v) is 10.3. The van der Waals surface area contributed by atoms with E-state index in [4.69, 9.17) is 10.1 Å². The number of ether oxygens (including phenoxy) is 1. The summed E-state index contributed by atoms with van der Waals surface area (Å²) in [7, 11) is 0. The Kier molecular flexibility index (Phi) is 7.28. The van der Waals surface area contributed by atoms with Crippen LogP contribution in [0.5, 0.6) is 5.75 Å². The molecule has 190 valence electrons. The van der Waals surface area contributed by atoms with Crippen molar-refractivity contribution in [3.63, 3.8) is 0 Å². The molecule has 1 N–H and O–H groups in total. The minimum absolute atomic E-state index is 0.0652. The van der Waals surface area contributed by atoms with Crippen LogP contribution in [0.15, 0.2) is 70.4 Å². The first-order valence-corrected chi connectivity index (χ1v) is 13.6. The van der Waals surface area contributed by atoms with Gasteiger partial charge in [-0.15, -0.1) is 0 Å². The zero-order valence-corrected chi connectivity index (χ0v) is 22.2. The summed E-state index contributed by atoms with van der Waals surface area (Å²) in [6.45, 7) is 7.65. The standard InChI is InChI=1S/C29H31N5O2S/c1-4-10-26-32-34-27(30)23(28(35)31-29(34)37-26)17-20-18-33(24-13-8-6-12-22(20)24)15-16-36-25-14-9-7-11-21(25)19(3)5-2/h6-9,11-14,17-19,30H,4-5,10,15-16H2,1-3H3/b23-17+,30-27?. The van der Waals surface area contributed by atoms with Crippen LogP contribution in [0.2, 0.25) is 0 Å². The zero-order chi connectivity index (χ0) is 25.9. The number of nitrogens with zero attached hydrogens (tertiary/aromatic N) is 4. The number of thioether (sulfide) groups is 1. The number of hydrogen-bond donors (Lipinski definition) is 1. The van der Waals surface area contributed by atoms with Crippen LogP contribution in [0.4, 0.5) is 0 Å². The average Bonchev–Trinajstić information content (AvgIpc) is 3.47. The lowest BCUT2D eigenvalue weighted by Crippen LogP contribution is -2.35. The van der Waals surface area contributed by atoms with Crippen molar-refractivity contribution in [2.24, 2.45) is 10.1 Å². The van der Waals surface area contributed by atoms with Gasteiger partial charge in [-0.1, -0.05) is 57.2 Å². The van der Waals surface area contributed by atoms with Crippen molar-refractivity contribution in [3.8, 4) is 5.75 Å². The van der Waals surface area contributed by atoms with E-state index in [1.54, 1.807) is 6.08 Å². The van der Waals surface area contributed by atoms with Crippen LogP contribution in [0.25, 0.3) is 17.0 Å². The molecular weight excluding hydrogens is 482 g/mol. The summed E-state index contributed by atoms with van der Waals surface area (Å²) in [5, 5.41) is 17.0. The molecule has 0 spiro atoms. The summed E-state index contributed by atoms with van der Waals surface area (Å²) >= 11 is 1.37. The van der Waals surface area contributed by atoms with Gasteiger partial charge in [-0.25, -0.2) is 0 Å². The quantitative estimate of drug-likeness (QED) is 0.325. The van der Waals surface area contributed by atoms with Crippen molar-refractivity contribution >= 4 is 50.7 Å². The highest BCUT2D eigenvalue weighted by atomic mass is 32.2. The molecule has 5 rings (SSSR count). The van der Waals surface area contributed by atoms with E-state index in [0.717, 1.165) is 46.5 Å². The minimum atomic E-state index is -0.404. The lowest BCUT2D eigenvalue weighted by molar-refractivity contribution is -0.114. The number of carbonyl (C=O) groups excluding carboxylic acids is 1. The highest BCUT2D eigenvalue weighted by Gasteiger charge is 2.35. The first kappa shape index (κ1) is 25.0. The van der Waals surface area contributed by atoms with Crippen LogP contribution in [-0.4, -0.2) is 38.1 Å². The molecule has 3 heterocycles. The molecule has 0 aliphatic carbocycles. The second kappa shape index (κ2) is 10.8. The number of hydrazone groups is 1. The number of amidine groups is 2. The lowest BCUT2D eigenvalue weighted by atomic mass is 9.98. The lowest BCUT2D eigenvalue weighted by Gasteiger charge is -2.20. The number of aromatic nitrogens is 1. The number of rotatable bonds is 9. The summed E-state index contributed by atoms with van der Waals surface area (Å²) in [6.07, 6.45) is 6.59. The third kappa shape index (κ3) is 4.98. The van der Waals surface area contributed by atoms with Crippen molar-refractivity contribution in [2.45, 2.75) is 52.5 Å². The van der Waals surface area contributed by atoms with Crippen LogP contribution < -0.4 is 4.74 Å². The molecule has 0 saturated carbocycles. The van der Waals surface area contributed by atoms with Gasteiger partial charge in [0.1, 0.15) is 17.4 Å². The number of nitrogens with one attached hydrogen (secondary N) is 1. The molecular formula is C29H31N5O2S. The molecule has 3 aromatic rings.